The van der Waals surface area contributed by atoms with Gasteiger partial charge in [-0.15, -0.1) is 11.8 Å². The summed E-state index contributed by atoms with van der Waals surface area (Å²) >= 11 is 1.63. The summed E-state index contributed by atoms with van der Waals surface area (Å²) in [5.41, 5.74) is 0.594. The van der Waals surface area contributed by atoms with Crippen molar-refractivity contribution in [3.8, 4) is 0 Å². The van der Waals surface area contributed by atoms with Crippen LogP contribution >= 0.6 is 11.8 Å². The van der Waals surface area contributed by atoms with Crippen molar-refractivity contribution in [2.45, 2.75) is 17.9 Å². The van der Waals surface area contributed by atoms with E-state index in [1.165, 1.54) is 18.2 Å². The number of anilines is 1. The molecule has 0 aliphatic heterocycles. The molecule has 0 spiro atoms. The SMILES string of the molecule is CSc1ccc(C(C)Nc2c(F)cccc2[N+](=O)[O-])cc1. The molecule has 0 saturated carbocycles. The zero-order valence-corrected chi connectivity index (χ0v) is 12.5. The molecule has 4 nitrogen and oxygen atoms in total. The minimum atomic E-state index is -0.628. The Morgan fingerprint density at radius 2 is 1.90 bits per heavy atom. The molecule has 2 aromatic rings. The summed E-state index contributed by atoms with van der Waals surface area (Å²) < 4.78 is 13.8. The molecule has 0 bridgehead atoms. The molecule has 2 rings (SSSR count). The lowest BCUT2D eigenvalue weighted by Gasteiger charge is -2.16. The van der Waals surface area contributed by atoms with Crippen LogP contribution in [0.25, 0.3) is 0 Å². The summed E-state index contributed by atoms with van der Waals surface area (Å²) in [7, 11) is 0. The first-order chi connectivity index (χ1) is 10.0. The maximum Gasteiger partial charge on any atom is 0.295 e. The van der Waals surface area contributed by atoms with Crippen molar-refractivity contribution >= 4 is 23.1 Å². The van der Waals surface area contributed by atoms with Crippen molar-refractivity contribution in [1.29, 1.82) is 0 Å². The Morgan fingerprint density at radius 3 is 2.48 bits per heavy atom. The van der Waals surface area contributed by atoms with Crippen molar-refractivity contribution in [2.75, 3.05) is 11.6 Å². The van der Waals surface area contributed by atoms with E-state index in [0.29, 0.717) is 0 Å². The lowest BCUT2D eigenvalue weighted by molar-refractivity contribution is -0.384. The van der Waals surface area contributed by atoms with Gasteiger partial charge >= 0.3 is 0 Å². The average Bonchev–Trinajstić information content (AvgIpc) is 2.49. The second-order valence-corrected chi connectivity index (χ2v) is 5.41. The topological polar surface area (TPSA) is 55.2 Å². The number of thioether (sulfide) groups is 1. The van der Waals surface area contributed by atoms with Gasteiger partial charge in [0, 0.05) is 17.0 Å². The first-order valence-electron chi connectivity index (χ1n) is 6.36. The van der Waals surface area contributed by atoms with Crippen LogP contribution in [0.5, 0.6) is 0 Å². The molecule has 0 heterocycles. The standard InChI is InChI=1S/C15H15FN2O2S/c1-10(11-6-8-12(21-2)9-7-11)17-15-13(16)4-3-5-14(15)18(19)20/h3-10,17H,1-2H3. The molecule has 1 N–H and O–H groups in total. The Labute approximate surface area is 126 Å². The Hall–Kier alpha value is -2.08. The first-order valence-corrected chi connectivity index (χ1v) is 7.58. The van der Waals surface area contributed by atoms with E-state index < -0.39 is 10.7 Å². The van der Waals surface area contributed by atoms with E-state index in [2.05, 4.69) is 5.32 Å². The number of hydrogen-bond donors (Lipinski definition) is 1. The molecule has 0 saturated heterocycles. The van der Waals surface area contributed by atoms with Crippen LogP contribution in [0.15, 0.2) is 47.4 Å². The van der Waals surface area contributed by atoms with E-state index in [9.17, 15) is 14.5 Å². The number of benzene rings is 2. The van der Waals surface area contributed by atoms with Gasteiger partial charge in [-0.3, -0.25) is 10.1 Å². The molecular weight excluding hydrogens is 291 g/mol. The molecule has 6 heteroatoms. The molecule has 0 aliphatic carbocycles. The molecule has 0 amide bonds. The number of halogens is 1. The summed E-state index contributed by atoms with van der Waals surface area (Å²) in [6, 6.07) is 11.4. The van der Waals surface area contributed by atoms with Gasteiger partial charge in [-0.2, -0.15) is 0 Å². The fraction of sp³-hybridized carbons (Fsp3) is 0.200. The van der Waals surface area contributed by atoms with Crippen LogP contribution in [0.3, 0.4) is 0 Å². The highest BCUT2D eigenvalue weighted by atomic mass is 32.2. The van der Waals surface area contributed by atoms with E-state index in [4.69, 9.17) is 0 Å². The van der Waals surface area contributed by atoms with Gasteiger partial charge in [-0.1, -0.05) is 18.2 Å². The van der Waals surface area contributed by atoms with Gasteiger partial charge < -0.3 is 5.32 Å². The number of nitro benzene ring substituents is 1. The predicted molar refractivity (Wildman–Crippen MR) is 83.3 cm³/mol. The third-order valence-corrected chi connectivity index (χ3v) is 3.91. The number of nitrogens with zero attached hydrogens (tertiary/aromatic N) is 1. The van der Waals surface area contributed by atoms with E-state index in [1.807, 2.05) is 37.4 Å². The highest BCUT2D eigenvalue weighted by Crippen LogP contribution is 2.31. The smallest absolute Gasteiger partial charge is 0.295 e. The van der Waals surface area contributed by atoms with Crippen LogP contribution in [0.4, 0.5) is 15.8 Å². The minimum absolute atomic E-state index is 0.0797. The molecule has 21 heavy (non-hydrogen) atoms. The van der Waals surface area contributed by atoms with E-state index in [-0.39, 0.29) is 17.4 Å². The quantitative estimate of drug-likeness (QED) is 0.497. The first kappa shape index (κ1) is 15.3. The van der Waals surface area contributed by atoms with Crippen LogP contribution in [0, 0.1) is 15.9 Å². The highest BCUT2D eigenvalue weighted by Gasteiger charge is 2.19. The molecule has 0 radical (unpaired) electrons. The van der Waals surface area contributed by atoms with Crippen LogP contribution < -0.4 is 5.32 Å². The molecule has 1 atom stereocenters. The van der Waals surface area contributed by atoms with E-state index in [0.717, 1.165) is 10.5 Å². The van der Waals surface area contributed by atoms with Gasteiger partial charge in [0.15, 0.2) is 5.82 Å². The fourth-order valence-corrected chi connectivity index (χ4v) is 2.41. The van der Waals surface area contributed by atoms with Gasteiger partial charge in [0.05, 0.1) is 4.92 Å². The maximum atomic E-state index is 13.8. The summed E-state index contributed by atoms with van der Waals surface area (Å²) in [6.07, 6.45) is 1.99. The van der Waals surface area contributed by atoms with Gasteiger partial charge in [-0.25, -0.2) is 4.39 Å². The molecule has 110 valence electrons. The Morgan fingerprint density at radius 1 is 1.24 bits per heavy atom. The summed E-state index contributed by atoms with van der Waals surface area (Å²) in [5.74, 6) is -0.628. The molecule has 0 fully saturated rings. The largest absolute Gasteiger partial charge is 0.371 e. The van der Waals surface area contributed by atoms with Gasteiger partial charge in [0.1, 0.15) is 5.69 Å². The Balaban J connectivity index is 2.26. The molecule has 2 aromatic carbocycles. The molecular formula is C15H15FN2O2S. The van der Waals surface area contributed by atoms with Gasteiger partial charge in [0.25, 0.3) is 5.69 Å². The number of nitro groups is 1. The van der Waals surface area contributed by atoms with Gasteiger partial charge in [0.2, 0.25) is 0 Å². The molecule has 1 unspecified atom stereocenters. The zero-order valence-electron chi connectivity index (χ0n) is 11.7. The summed E-state index contributed by atoms with van der Waals surface area (Å²) in [5, 5.41) is 13.9. The summed E-state index contributed by atoms with van der Waals surface area (Å²) in [4.78, 5) is 11.5. The van der Waals surface area contributed by atoms with Crippen molar-refractivity contribution in [3.63, 3.8) is 0 Å². The van der Waals surface area contributed by atoms with Gasteiger partial charge in [-0.05, 0) is 36.9 Å². The minimum Gasteiger partial charge on any atom is -0.371 e. The average molecular weight is 306 g/mol. The Bertz CT molecular complexity index is 647. The lowest BCUT2D eigenvalue weighted by Crippen LogP contribution is -2.10. The second kappa shape index (κ2) is 6.58. The third-order valence-electron chi connectivity index (χ3n) is 3.16. The lowest BCUT2D eigenvalue weighted by atomic mass is 10.1. The second-order valence-electron chi connectivity index (χ2n) is 4.53. The predicted octanol–water partition coefficient (Wildman–Crippen LogP) is 4.63. The van der Waals surface area contributed by atoms with Crippen LogP contribution in [-0.4, -0.2) is 11.2 Å². The zero-order chi connectivity index (χ0) is 15.4. The van der Waals surface area contributed by atoms with Crippen LogP contribution in [0.1, 0.15) is 18.5 Å². The third kappa shape index (κ3) is 3.52. The Kier molecular flexibility index (Phi) is 4.80. The van der Waals surface area contributed by atoms with E-state index in [1.54, 1.807) is 11.8 Å². The molecule has 0 aliphatic rings. The fourth-order valence-electron chi connectivity index (χ4n) is 2.00. The number of rotatable bonds is 5. The monoisotopic (exact) mass is 306 g/mol. The number of nitrogens with one attached hydrogen (secondary N) is 1. The van der Waals surface area contributed by atoms with Crippen molar-refractivity contribution in [3.05, 3.63) is 64.0 Å². The van der Waals surface area contributed by atoms with Crippen molar-refractivity contribution < 1.29 is 9.31 Å². The summed E-state index contributed by atoms with van der Waals surface area (Å²) in [6.45, 7) is 1.84. The van der Waals surface area contributed by atoms with Crippen molar-refractivity contribution in [1.82, 2.24) is 0 Å². The number of hydrogen-bond acceptors (Lipinski definition) is 4. The van der Waals surface area contributed by atoms with E-state index >= 15 is 0 Å². The van der Waals surface area contributed by atoms with Crippen LogP contribution in [-0.2, 0) is 0 Å². The maximum absolute atomic E-state index is 13.8. The normalized spacial score (nSPS) is 12.0. The molecule has 0 aromatic heterocycles. The van der Waals surface area contributed by atoms with Crippen molar-refractivity contribution in [2.24, 2.45) is 0 Å². The highest BCUT2D eigenvalue weighted by molar-refractivity contribution is 7.98. The van der Waals surface area contributed by atoms with Crippen LogP contribution in [0.2, 0.25) is 0 Å². The number of para-hydroxylation sites is 1.